The number of carbonyl (C=O) groups excluding carboxylic acids is 2. The van der Waals surface area contributed by atoms with Crippen molar-refractivity contribution in [1.82, 2.24) is 15.5 Å². The SMILES string of the molecule is CNC(=O)[C@@H]1C[C@@]2(C[C@@H]2C(=O)NCc2ccc(C)o2)CN1CC(C)C. The maximum absolute atomic E-state index is 12.5. The van der Waals surface area contributed by atoms with Crippen LogP contribution in [-0.4, -0.2) is 42.9 Å². The number of furan rings is 1. The van der Waals surface area contributed by atoms with Crippen LogP contribution in [0, 0.1) is 24.2 Å². The van der Waals surface area contributed by atoms with Gasteiger partial charge in [-0.05, 0) is 43.2 Å². The van der Waals surface area contributed by atoms with E-state index in [-0.39, 0.29) is 29.2 Å². The Morgan fingerprint density at radius 2 is 2.08 bits per heavy atom. The van der Waals surface area contributed by atoms with Gasteiger partial charge < -0.3 is 15.1 Å². The Hall–Kier alpha value is -1.82. The van der Waals surface area contributed by atoms with Gasteiger partial charge in [0.2, 0.25) is 11.8 Å². The summed E-state index contributed by atoms with van der Waals surface area (Å²) in [5.74, 6) is 2.27. The molecule has 2 heterocycles. The minimum Gasteiger partial charge on any atom is -0.465 e. The molecule has 138 valence electrons. The zero-order valence-electron chi connectivity index (χ0n) is 15.6. The summed E-state index contributed by atoms with van der Waals surface area (Å²) in [7, 11) is 1.68. The van der Waals surface area contributed by atoms with Gasteiger partial charge in [-0.2, -0.15) is 0 Å². The summed E-state index contributed by atoms with van der Waals surface area (Å²) in [4.78, 5) is 27.1. The van der Waals surface area contributed by atoms with Crippen LogP contribution in [0.1, 0.15) is 38.2 Å². The Labute approximate surface area is 149 Å². The van der Waals surface area contributed by atoms with Crippen molar-refractivity contribution in [2.45, 2.75) is 46.2 Å². The molecule has 1 aromatic heterocycles. The lowest BCUT2D eigenvalue weighted by Gasteiger charge is -2.24. The number of carbonyl (C=O) groups is 2. The molecule has 1 saturated heterocycles. The fourth-order valence-electron chi connectivity index (χ4n) is 4.18. The maximum Gasteiger partial charge on any atom is 0.237 e. The minimum atomic E-state index is -0.113. The van der Waals surface area contributed by atoms with Gasteiger partial charge >= 0.3 is 0 Å². The molecule has 6 heteroatoms. The van der Waals surface area contributed by atoms with Crippen molar-refractivity contribution < 1.29 is 14.0 Å². The predicted molar refractivity (Wildman–Crippen MR) is 94.7 cm³/mol. The van der Waals surface area contributed by atoms with E-state index in [1.807, 2.05) is 19.1 Å². The van der Waals surface area contributed by atoms with Gasteiger partial charge in [-0.25, -0.2) is 0 Å². The van der Waals surface area contributed by atoms with E-state index < -0.39 is 0 Å². The second-order valence-electron chi connectivity index (χ2n) is 8.01. The van der Waals surface area contributed by atoms with Crippen LogP contribution in [0.2, 0.25) is 0 Å². The van der Waals surface area contributed by atoms with Crippen molar-refractivity contribution in [3.8, 4) is 0 Å². The molecular formula is C19H29N3O3. The first-order valence-electron chi connectivity index (χ1n) is 9.13. The van der Waals surface area contributed by atoms with Gasteiger partial charge in [0.05, 0.1) is 12.6 Å². The molecular weight excluding hydrogens is 318 g/mol. The highest BCUT2D eigenvalue weighted by molar-refractivity contribution is 5.85. The lowest BCUT2D eigenvalue weighted by Crippen LogP contribution is -2.43. The second-order valence-corrected chi connectivity index (χ2v) is 8.01. The Kier molecular flexibility index (Phi) is 4.91. The van der Waals surface area contributed by atoms with E-state index in [9.17, 15) is 9.59 Å². The highest BCUT2D eigenvalue weighted by Crippen LogP contribution is 2.60. The van der Waals surface area contributed by atoms with Crippen molar-refractivity contribution in [3.05, 3.63) is 23.7 Å². The molecule has 3 atom stereocenters. The molecule has 1 aliphatic heterocycles. The summed E-state index contributed by atoms with van der Waals surface area (Å²) in [6.07, 6.45) is 1.65. The van der Waals surface area contributed by atoms with Gasteiger partial charge in [-0.15, -0.1) is 0 Å². The number of amides is 2. The van der Waals surface area contributed by atoms with E-state index in [0.29, 0.717) is 12.5 Å². The zero-order chi connectivity index (χ0) is 18.2. The van der Waals surface area contributed by atoms with E-state index in [2.05, 4.69) is 29.4 Å². The summed E-state index contributed by atoms with van der Waals surface area (Å²) in [5, 5.41) is 5.76. The monoisotopic (exact) mass is 347 g/mol. The normalized spacial score (nSPS) is 28.5. The van der Waals surface area contributed by atoms with E-state index in [1.54, 1.807) is 7.05 Å². The van der Waals surface area contributed by atoms with Gasteiger partial charge in [0, 0.05) is 26.1 Å². The molecule has 3 rings (SSSR count). The molecule has 0 radical (unpaired) electrons. The number of rotatable bonds is 6. The molecule has 2 N–H and O–H groups in total. The average molecular weight is 347 g/mol. The smallest absolute Gasteiger partial charge is 0.237 e. The number of nitrogens with one attached hydrogen (secondary N) is 2. The first kappa shape index (κ1) is 18.0. The third-order valence-electron chi connectivity index (χ3n) is 5.45. The van der Waals surface area contributed by atoms with Crippen molar-refractivity contribution in [2.24, 2.45) is 17.3 Å². The van der Waals surface area contributed by atoms with Crippen LogP contribution in [0.5, 0.6) is 0 Å². The van der Waals surface area contributed by atoms with Gasteiger partial charge in [-0.1, -0.05) is 13.8 Å². The van der Waals surface area contributed by atoms with E-state index in [0.717, 1.165) is 37.5 Å². The fourth-order valence-corrected chi connectivity index (χ4v) is 4.18. The largest absolute Gasteiger partial charge is 0.465 e. The van der Waals surface area contributed by atoms with Gasteiger partial charge in [0.15, 0.2) is 0 Å². The molecule has 2 aliphatic rings. The maximum atomic E-state index is 12.5. The van der Waals surface area contributed by atoms with E-state index >= 15 is 0 Å². The average Bonchev–Trinajstić information content (AvgIpc) is 2.89. The minimum absolute atomic E-state index is 0.00729. The number of likely N-dealkylation sites (tertiary alicyclic amines) is 1. The molecule has 0 bridgehead atoms. The lowest BCUT2D eigenvalue weighted by molar-refractivity contribution is -0.125. The van der Waals surface area contributed by atoms with Crippen molar-refractivity contribution in [2.75, 3.05) is 20.1 Å². The molecule has 25 heavy (non-hydrogen) atoms. The van der Waals surface area contributed by atoms with Gasteiger partial charge in [-0.3, -0.25) is 14.5 Å². The quantitative estimate of drug-likeness (QED) is 0.821. The number of nitrogens with zero attached hydrogens (tertiary/aromatic N) is 1. The number of likely N-dealkylation sites (N-methyl/N-ethyl adjacent to an activating group) is 1. The molecule has 1 spiro atoms. The van der Waals surface area contributed by atoms with Crippen LogP contribution in [-0.2, 0) is 16.1 Å². The Morgan fingerprint density at radius 1 is 1.32 bits per heavy atom. The molecule has 0 aromatic carbocycles. The van der Waals surface area contributed by atoms with Gasteiger partial charge in [0.1, 0.15) is 11.5 Å². The summed E-state index contributed by atoms with van der Waals surface area (Å²) < 4.78 is 5.50. The Balaban J connectivity index is 1.59. The van der Waals surface area contributed by atoms with Gasteiger partial charge in [0.25, 0.3) is 0 Å². The van der Waals surface area contributed by atoms with Crippen LogP contribution in [0.25, 0.3) is 0 Å². The molecule has 1 saturated carbocycles. The molecule has 2 fully saturated rings. The van der Waals surface area contributed by atoms with Crippen molar-refractivity contribution in [3.63, 3.8) is 0 Å². The highest BCUT2D eigenvalue weighted by Gasteiger charge is 2.63. The molecule has 2 amide bonds. The predicted octanol–water partition coefficient (Wildman–Crippen LogP) is 1.69. The third kappa shape index (κ3) is 3.73. The third-order valence-corrected chi connectivity index (χ3v) is 5.45. The summed E-state index contributed by atoms with van der Waals surface area (Å²) >= 11 is 0. The van der Waals surface area contributed by atoms with Crippen LogP contribution in [0.15, 0.2) is 16.5 Å². The number of hydrogen-bond acceptors (Lipinski definition) is 4. The number of aryl methyl sites for hydroxylation is 1. The first-order chi connectivity index (χ1) is 11.8. The van der Waals surface area contributed by atoms with E-state index in [4.69, 9.17) is 4.42 Å². The fraction of sp³-hybridized carbons (Fsp3) is 0.684. The molecule has 0 unspecified atom stereocenters. The van der Waals surface area contributed by atoms with Crippen LogP contribution < -0.4 is 10.6 Å². The molecule has 1 aliphatic carbocycles. The summed E-state index contributed by atoms with van der Waals surface area (Å²) in [6, 6.07) is 3.67. The zero-order valence-corrected chi connectivity index (χ0v) is 15.6. The topological polar surface area (TPSA) is 74.6 Å². The lowest BCUT2D eigenvalue weighted by atomic mass is 9.99. The van der Waals surface area contributed by atoms with Crippen LogP contribution in [0.4, 0.5) is 0 Å². The van der Waals surface area contributed by atoms with Crippen molar-refractivity contribution in [1.29, 1.82) is 0 Å². The molecule has 1 aromatic rings. The summed E-state index contributed by atoms with van der Waals surface area (Å²) in [5.41, 5.74) is -0.0325. The summed E-state index contributed by atoms with van der Waals surface area (Å²) in [6.45, 7) is 8.36. The number of hydrogen-bond donors (Lipinski definition) is 2. The van der Waals surface area contributed by atoms with Crippen molar-refractivity contribution >= 4 is 11.8 Å². The highest BCUT2D eigenvalue weighted by atomic mass is 16.3. The van der Waals surface area contributed by atoms with E-state index in [1.165, 1.54) is 0 Å². The van der Waals surface area contributed by atoms with Crippen LogP contribution >= 0.6 is 0 Å². The standard InChI is InChI=1S/C19H29N3O3/c1-12(2)10-22-11-19(8-16(22)18(24)20-4)7-15(19)17(23)21-9-14-6-5-13(3)25-14/h5-6,12,15-16H,7-11H2,1-4H3,(H,20,24)(H,21,23)/t15-,16+,19+/m1/s1. The Morgan fingerprint density at radius 3 is 2.68 bits per heavy atom. The van der Waals surface area contributed by atoms with Crippen LogP contribution in [0.3, 0.4) is 0 Å². The first-order valence-corrected chi connectivity index (χ1v) is 9.13. The second kappa shape index (κ2) is 6.83. The Bertz CT molecular complexity index is 654. The molecule has 6 nitrogen and oxygen atoms in total.